The van der Waals surface area contributed by atoms with Gasteiger partial charge in [0.05, 0.1) is 0 Å². The van der Waals surface area contributed by atoms with E-state index in [0.29, 0.717) is 0 Å². The molecule has 1 heterocycles. The van der Waals surface area contributed by atoms with E-state index in [1.807, 2.05) is 25.2 Å². The number of fused-ring (bicyclic) bond motifs is 4. The summed E-state index contributed by atoms with van der Waals surface area (Å²) in [6, 6.07) is 48.4. The second-order valence-corrected chi connectivity index (χ2v) is 11.2. The minimum absolute atomic E-state index is 0.839. The van der Waals surface area contributed by atoms with E-state index in [1.54, 1.807) is 0 Å². The van der Waals surface area contributed by atoms with Gasteiger partial charge in [-0.2, -0.15) is 0 Å². The van der Waals surface area contributed by atoms with E-state index in [4.69, 9.17) is 4.42 Å². The van der Waals surface area contributed by atoms with Gasteiger partial charge in [0.2, 0.25) is 0 Å². The number of hydrogen-bond acceptors (Lipinski definition) is 1. The predicted molar refractivity (Wildman–Crippen MR) is 190 cm³/mol. The Hall–Kier alpha value is -5.66. The highest BCUT2D eigenvalue weighted by molar-refractivity contribution is 6.24. The van der Waals surface area contributed by atoms with Crippen molar-refractivity contribution in [3.05, 3.63) is 157 Å². The third kappa shape index (κ3) is 4.09. The lowest BCUT2D eigenvalue weighted by Gasteiger charge is -2.19. The van der Waals surface area contributed by atoms with Crippen molar-refractivity contribution in [3.63, 3.8) is 0 Å². The highest BCUT2D eigenvalue weighted by Crippen LogP contribution is 2.46. The second-order valence-electron chi connectivity index (χ2n) is 11.2. The van der Waals surface area contributed by atoms with Crippen LogP contribution in [0.2, 0.25) is 0 Å². The highest BCUT2D eigenvalue weighted by Gasteiger charge is 2.19. The topological polar surface area (TPSA) is 13.1 Å². The first-order valence-electron chi connectivity index (χ1n) is 15.1. The molecule has 1 nitrogen and oxygen atoms in total. The largest absolute Gasteiger partial charge is 0.456 e. The SMILES string of the molecule is C=Cc1c(/C=C\C)oc2ccc(-c3c4ccccc4c(-c4cccc5cc(-c6ccccc6)ccc45)c4ccccc34)cc12. The quantitative estimate of drug-likeness (QED) is 0.190. The van der Waals surface area contributed by atoms with Crippen LogP contribution in [0.4, 0.5) is 0 Å². The molecule has 0 atom stereocenters. The monoisotopic (exact) mass is 562 g/mol. The van der Waals surface area contributed by atoms with E-state index in [0.717, 1.165) is 27.9 Å². The average molecular weight is 563 g/mol. The molecule has 1 heteroatoms. The van der Waals surface area contributed by atoms with E-state index < -0.39 is 0 Å². The standard InChI is InChI=1S/C43H30O/c1-3-13-40-32(4-2)39-27-31(23-25-41(39)44-40)42-35-17-8-10-19-37(35)43(38-20-11-9-18-36(38)42)34-21-12-16-30-26-29(22-24-33(30)34)28-14-6-5-7-15-28/h3-27H,2H2,1H3/b13-3-. The molecule has 0 saturated heterocycles. The number of rotatable bonds is 5. The van der Waals surface area contributed by atoms with Crippen molar-refractivity contribution in [3.8, 4) is 33.4 Å². The molecule has 0 aliphatic heterocycles. The molecule has 8 rings (SSSR count). The summed E-state index contributed by atoms with van der Waals surface area (Å²) in [5.74, 6) is 0.839. The molecule has 0 aliphatic carbocycles. The minimum Gasteiger partial charge on any atom is -0.456 e. The minimum atomic E-state index is 0.839. The Morgan fingerprint density at radius 1 is 0.523 bits per heavy atom. The van der Waals surface area contributed by atoms with E-state index in [-0.39, 0.29) is 0 Å². The summed E-state index contributed by atoms with van der Waals surface area (Å²) in [6.07, 6.45) is 5.90. The van der Waals surface area contributed by atoms with Crippen LogP contribution in [0.15, 0.2) is 151 Å². The lowest BCUT2D eigenvalue weighted by atomic mass is 9.84. The molecule has 0 amide bonds. The van der Waals surface area contributed by atoms with Crippen LogP contribution in [-0.4, -0.2) is 0 Å². The van der Waals surface area contributed by atoms with Gasteiger partial charge in [0, 0.05) is 10.9 Å². The smallest absolute Gasteiger partial charge is 0.135 e. The van der Waals surface area contributed by atoms with Crippen molar-refractivity contribution in [1.82, 2.24) is 0 Å². The van der Waals surface area contributed by atoms with Gasteiger partial charge >= 0.3 is 0 Å². The summed E-state index contributed by atoms with van der Waals surface area (Å²) in [4.78, 5) is 0. The van der Waals surface area contributed by atoms with E-state index in [2.05, 4.69) is 140 Å². The molecule has 0 fully saturated rings. The van der Waals surface area contributed by atoms with Gasteiger partial charge in [0.15, 0.2) is 0 Å². The molecule has 0 radical (unpaired) electrons. The molecule has 208 valence electrons. The zero-order valence-corrected chi connectivity index (χ0v) is 24.5. The lowest BCUT2D eigenvalue weighted by Crippen LogP contribution is -1.92. The maximum atomic E-state index is 6.19. The van der Waals surface area contributed by atoms with Crippen molar-refractivity contribution in [1.29, 1.82) is 0 Å². The van der Waals surface area contributed by atoms with Gasteiger partial charge in [-0.15, -0.1) is 0 Å². The molecule has 0 N–H and O–H groups in total. The lowest BCUT2D eigenvalue weighted by molar-refractivity contribution is 0.603. The first-order valence-corrected chi connectivity index (χ1v) is 15.1. The van der Waals surface area contributed by atoms with E-state index in [1.165, 1.54) is 60.1 Å². The normalized spacial score (nSPS) is 11.8. The van der Waals surface area contributed by atoms with Crippen molar-refractivity contribution in [2.24, 2.45) is 0 Å². The Balaban J connectivity index is 1.42. The van der Waals surface area contributed by atoms with Gasteiger partial charge in [0.25, 0.3) is 0 Å². The number of hydrogen-bond donors (Lipinski definition) is 0. The molecular formula is C43H30O. The van der Waals surface area contributed by atoms with Crippen LogP contribution < -0.4 is 0 Å². The van der Waals surface area contributed by atoms with Crippen LogP contribution in [-0.2, 0) is 0 Å². The summed E-state index contributed by atoms with van der Waals surface area (Å²) >= 11 is 0. The first-order chi connectivity index (χ1) is 21.7. The molecular weight excluding hydrogens is 532 g/mol. The molecule has 0 unspecified atom stereocenters. The van der Waals surface area contributed by atoms with Crippen LogP contribution in [0.5, 0.6) is 0 Å². The van der Waals surface area contributed by atoms with Gasteiger partial charge in [-0.25, -0.2) is 0 Å². The fourth-order valence-electron chi connectivity index (χ4n) is 6.82. The molecule has 7 aromatic carbocycles. The number of furan rings is 1. The third-order valence-corrected chi connectivity index (χ3v) is 8.75. The highest BCUT2D eigenvalue weighted by atomic mass is 16.3. The van der Waals surface area contributed by atoms with Crippen molar-refractivity contribution in [2.45, 2.75) is 6.92 Å². The van der Waals surface area contributed by atoms with Crippen LogP contribution >= 0.6 is 0 Å². The number of benzene rings is 7. The van der Waals surface area contributed by atoms with Gasteiger partial charge in [-0.1, -0.05) is 134 Å². The molecule has 0 saturated carbocycles. The maximum absolute atomic E-state index is 6.19. The van der Waals surface area contributed by atoms with E-state index >= 15 is 0 Å². The summed E-state index contributed by atoms with van der Waals surface area (Å²) < 4.78 is 6.19. The van der Waals surface area contributed by atoms with Crippen LogP contribution in [0.25, 0.3) is 88.8 Å². The summed E-state index contributed by atoms with van der Waals surface area (Å²) in [5.41, 5.74) is 9.26. The molecule has 44 heavy (non-hydrogen) atoms. The molecule has 0 aliphatic rings. The average Bonchev–Trinajstić information content (AvgIpc) is 3.43. The Bertz CT molecular complexity index is 2350. The fourth-order valence-corrected chi connectivity index (χ4v) is 6.82. The zero-order chi connectivity index (χ0) is 29.6. The zero-order valence-electron chi connectivity index (χ0n) is 24.5. The maximum Gasteiger partial charge on any atom is 0.135 e. The summed E-state index contributed by atoms with van der Waals surface area (Å²) in [5, 5.41) is 8.51. The first kappa shape index (κ1) is 26.0. The third-order valence-electron chi connectivity index (χ3n) is 8.75. The van der Waals surface area contributed by atoms with Crippen molar-refractivity contribution < 1.29 is 4.42 Å². The molecule has 8 aromatic rings. The summed E-state index contributed by atoms with van der Waals surface area (Å²) in [6.45, 7) is 6.10. The Kier molecular flexibility index (Phi) is 6.24. The van der Waals surface area contributed by atoms with Crippen LogP contribution in [0.1, 0.15) is 18.2 Å². The van der Waals surface area contributed by atoms with Gasteiger partial charge in [-0.3, -0.25) is 0 Å². The Labute approximate surface area is 257 Å². The predicted octanol–water partition coefficient (Wildman–Crippen LogP) is 12.6. The Morgan fingerprint density at radius 3 is 1.86 bits per heavy atom. The second kappa shape index (κ2) is 10.6. The van der Waals surface area contributed by atoms with Crippen LogP contribution in [0.3, 0.4) is 0 Å². The molecule has 1 aromatic heterocycles. The molecule has 0 spiro atoms. The van der Waals surface area contributed by atoms with E-state index in [9.17, 15) is 0 Å². The van der Waals surface area contributed by atoms with Gasteiger partial charge in [-0.05, 0) is 96.9 Å². The van der Waals surface area contributed by atoms with Gasteiger partial charge < -0.3 is 4.42 Å². The Morgan fingerprint density at radius 2 is 1.18 bits per heavy atom. The van der Waals surface area contributed by atoms with Crippen molar-refractivity contribution in [2.75, 3.05) is 0 Å². The molecule has 0 bridgehead atoms. The van der Waals surface area contributed by atoms with Gasteiger partial charge in [0.1, 0.15) is 11.3 Å². The number of allylic oxidation sites excluding steroid dienone is 1. The summed E-state index contributed by atoms with van der Waals surface area (Å²) in [7, 11) is 0. The fraction of sp³-hybridized carbons (Fsp3) is 0.0233. The van der Waals surface area contributed by atoms with Crippen molar-refractivity contribution >= 4 is 55.4 Å². The van der Waals surface area contributed by atoms with Crippen LogP contribution in [0, 0.1) is 0 Å².